The number of likely N-dealkylation sites (tertiary alicyclic amines) is 1. The topological polar surface area (TPSA) is 88.3 Å². The van der Waals surface area contributed by atoms with Gasteiger partial charge in [-0.25, -0.2) is 14.5 Å². The normalized spacial score (nSPS) is 19.0. The molecule has 2 aromatic rings. The molecule has 0 bridgehead atoms. The maximum atomic E-state index is 13.0. The van der Waals surface area contributed by atoms with Gasteiger partial charge in [-0.15, -0.1) is 0 Å². The standard InChI is InChI=1S/C17H22N4O3/c1-4-11(3)21-15-13(9-18-21)12(8-10(2)19-15)16(22)20-7-5-6-14(20)17(23)24/h8-9,11,14H,4-7H2,1-3H3,(H,23,24)/t11-,14+/m1/s1. The molecule has 0 aromatic carbocycles. The van der Waals surface area contributed by atoms with Crippen LogP contribution in [0.4, 0.5) is 0 Å². The smallest absolute Gasteiger partial charge is 0.326 e. The summed E-state index contributed by atoms with van der Waals surface area (Å²) < 4.78 is 1.83. The molecule has 1 saturated heterocycles. The summed E-state index contributed by atoms with van der Waals surface area (Å²) in [6.07, 6.45) is 3.78. The summed E-state index contributed by atoms with van der Waals surface area (Å²) >= 11 is 0. The largest absolute Gasteiger partial charge is 0.480 e. The molecule has 3 heterocycles. The summed E-state index contributed by atoms with van der Waals surface area (Å²) in [6, 6.07) is 1.16. The Balaban J connectivity index is 2.08. The Bertz CT molecular complexity index is 798. The third kappa shape index (κ3) is 2.64. The number of aromatic nitrogens is 3. The fraction of sp³-hybridized carbons (Fsp3) is 0.529. The summed E-state index contributed by atoms with van der Waals surface area (Å²) in [5.74, 6) is -1.20. The van der Waals surface area contributed by atoms with Crippen LogP contribution in [0, 0.1) is 6.92 Å². The van der Waals surface area contributed by atoms with E-state index in [1.54, 1.807) is 12.3 Å². The summed E-state index contributed by atoms with van der Waals surface area (Å²) in [5.41, 5.74) is 1.89. The number of nitrogens with zero attached hydrogens (tertiary/aromatic N) is 4. The molecule has 1 amide bonds. The summed E-state index contributed by atoms with van der Waals surface area (Å²) in [5, 5.41) is 14.4. The fourth-order valence-electron chi connectivity index (χ4n) is 3.24. The predicted molar refractivity (Wildman–Crippen MR) is 89.0 cm³/mol. The van der Waals surface area contributed by atoms with Gasteiger partial charge in [0.2, 0.25) is 0 Å². The molecule has 24 heavy (non-hydrogen) atoms. The molecule has 0 saturated carbocycles. The van der Waals surface area contributed by atoms with Crippen molar-refractivity contribution in [3.05, 3.63) is 23.5 Å². The van der Waals surface area contributed by atoms with Gasteiger partial charge in [0.15, 0.2) is 5.65 Å². The van der Waals surface area contributed by atoms with Gasteiger partial charge in [-0.1, -0.05) is 6.92 Å². The van der Waals surface area contributed by atoms with Crippen molar-refractivity contribution >= 4 is 22.9 Å². The Morgan fingerprint density at radius 2 is 2.21 bits per heavy atom. The lowest BCUT2D eigenvalue weighted by molar-refractivity contribution is -0.141. The van der Waals surface area contributed by atoms with Crippen molar-refractivity contribution in [3.63, 3.8) is 0 Å². The number of carbonyl (C=O) groups excluding carboxylic acids is 1. The number of carboxylic acids is 1. The van der Waals surface area contributed by atoms with Crippen LogP contribution in [0.3, 0.4) is 0 Å². The number of aliphatic carboxylic acids is 1. The lowest BCUT2D eigenvalue weighted by Crippen LogP contribution is -2.40. The lowest BCUT2D eigenvalue weighted by atomic mass is 10.1. The van der Waals surface area contributed by atoms with Gasteiger partial charge in [0.05, 0.1) is 23.2 Å². The zero-order chi connectivity index (χ0) is 17.4. The van der Waals surface area contributed by atoms with Gasteiger partial charge in [0, 0.05) is 12.2 Å². The van der Waals surface area contributed by atoms with Crippen LogP contribution in [-0.4, -0.2) is 49.2 Å². The number of pyridine rings is 1. The zero-order valence-electron chi connectivity index (χ0n) is 14.2. The van der Waals surface area contributed by atoms with Crippen LogP contribution in [0.2, 0.25) is 0 Å². The molecule has 0 spiro atoms. The van der Waals surface area contributed by atoms with Crippen molar-refractivity contribution in [2.75, 3.05) is 6.54 Å². The van der Waals surface area contributed by atoms with Crippen molar-refractivity contribution in [1.29, 1.82) is 0 Å². The van der Waals surface area contributed by atoms with Gasteiger partial charge in [-0.3, -0.25) is 4.79 Å². The van der Waals surface area contributed by atoms with Gasteiger partial charge in [0.1, 0.15) is 6.04 Å². The minimum Gasteiger partial charge on any atom is -0.480 e. The van der Waals surface area contributed by atoms with Gasteiger partial charge >= 0.3 is 5.97 Å². The molecule has 1 fully saturated rings. The van der Waals surface area contributed by atoms with E-state index in [1.165, 1.54) is 4.90 Å². The van der Waals surface area contributed by atoms with E-state index in [0.29, 0.717) is 36.0 Å². The number of amides is 1. The molecule has 1 aliphatic rings. The fourth-order valence-corrected chi connectivity index (χ4v) is 3.24. The number of hydrogen-bond acceptors (Lipinski definition) is 4. The maximum Gasteiger partial charge on any atom is 0.326 e. The van der Waals surface area contributed by atoms with E-state index in [-0.39, 0.29) is 11.9 Å². The van der Waals surface area contributed by atoms with E-state index >= 15 is 0 Å². The van der Waals surface area contributed by atoms with Crippen LogP contribution in [0.15, 0.2) is 12.3 Å². The first-order chi connectivity index (χ1) is 11.4. The van der Waals surface area contributed by atoms with Gasteiger partial charge in [0.25, 0.3) is 5.91 Å². The summed E-state index contributed by atoms with van der Waals surface area (Å²) in [7, 11) is 0. The van der Waals surface area contributed by atoms with E-state index < -0.39 is 12.0 Å². The maximum absolute atomic E-state index is 13.0. The van der Waals surface area contributed by atoms with E-state index in [0.717, 1.165) is 12.1 Å². The van der Waals surface area contributed by atoms with Crippen molar-refractivity contribution in [2.24, 2.45) is 0 Å². The number of rotatable bonds is 4. The zero-order valence-corrected chi connectivity index (χ0v) is 14.2. The molecule has 7 heteroatoms. The molecule has 1 aliphatic heterocycles. The molecule has 3 rings (SSSR count). The quantitative estimate of drug-likeness (QED) is 0.930. The van der Waals surface area contributed by atoms with Crippen LogP contribution in [0.25, 0.3) is 11.0 Å². The van der Waals surface area contributed by atoms with Crippen LogP contribution in [-0.2, 0) is 4.79 Å². The number of aryl methyl sites for hydroxylation is 1. The average Bonchev–Trinajstić information content (AvgIpc) is 3.19. The Morgan fingerprint density at radius 1 is 1.46 bits per heavy atom. The second-order valence-corrected chi connectivity index (χ2v) is 6.39. The molecular formula is C17H22N4O3. The average molecular weight is 330 g/mol. The summed E-state index contributed by atoms with van der Waals surface area (Å²) in [4.78, 5) is 30.4. The number of fused-ring (bicyclic) bond motifs is 1. The third-order valence-corrected chi connectivity index (χ3v) is 4.73. The van der Waals surface area contributed by atoms with E-state index in [1.807, 2.05) is 11.6 Å². The summed E-state index contributed by atoms with van der Waals surface area (Å²) in [6.45, 7) is 6.43. The Kier molecular flexibility index (Phi) is 4.26. The van der Waals surface area contributed by atoms with Crippen molar-refractivity contribution in [1.82, 2.24) is 19.7 Å². The molecule has 0 unspecified atom stereocenters. The van der Waals surface area contributed by atoms with Crippen LogP contribution in [0.5, 0.6) is 0 Å². The minimum absolute atomic E-state index is 0.179. The highest BCUT2D eigenvalue weighted by atomic mass is 16.4. The highest BCUT2D eigenvalue weighted by Crippen LogP contribution is 2.26. The first-order valence-electron chi connectivity index (χ1n) is 8.32. The Labute approximate surface area is 140 Å². The molecule has 128 valence electrons. The van der Waals surface area contributed by atoms with Gasteiger partial charge in [-0.2, -0.15) is 5.10 Å². The minimum atomic E-state index is -0.946. The van der Waals surface area contributed by atoms with Crippen LogP contribution < -0.4 is 0 Å². The number of hydrogen-bond donors (Lipinski definition) is 1. The van der Waals surface area contributed by atoms with E-state index in [9.17, 15) is 14.7 Å². The highest BCUT2D eigenvalue weighted by molar-refractivity contribution is 6.06. The first-order valence-corrected chi connectivity index (χ1v) is 8.32. The highest BCUT2D eigenvalue weighted by Gasteiger charge is 2.35. The van der Waals surface area contributed by atoms with Crippen molar-refractivity contribution in [3.8, 4) is 0 Å². The van der Waals surface area contributed by atoms with Crippen molar-refractivity contribution < 1.29 is 14.7 Å². The molecule has 0 radical (unpaired) electrons. The lowest BCUT2D eigenvalue weighted by Gasteiger charge is -2.22. The molecule has 7 nitrogen and oxygen atoms in total. The molecule has 2 atom stereocenters. The van der Waals surface area contributed by atoms with Gasteiger partial charge < -0.3 is 10.0 Å². The third-order valence-electron chi connectivity index (χ3n) is 4.73. The Hall–Kier alpha value is -2.44. The van der Waals surface area contributed by atoms with Crippen LogP contribution in [0.1, 0.15) is 55.2 Å². The molecule has 1 N–H and O–H groups in total. The van der Waals surface area contributed by atoms with E-state index in [4.69, 9.17) is 0 Å². The molecule has 0 aliphatic carbocycles. The van der Waals surface area contributed by atoms with Crippen molar-refractivity contribution in [2.45, 2.75) is 52.1 Å². The second-order valence-electron chi connectivity index (χ2n) is 6.39. The Morgan fingerprint density at radius 3 is 2.88 bits per heavy atom. The van der Waals surface area contributed by atoms with E-state index in [2.05, 4.69) is 23.9 Å². The molecular weight excluding hydrogens is 308 g/mol. The number of carbonyl (C=O) groups is 2. The SMILES string of the molecule is CC[C@@H](C)n1ncc2c(C(=O)N3CCC[C@H]3C(=O)O)cc(C)nc21. The predicted octanol–water partition coefficient (Wildman–Crippen LogP) is 2.40. The first kappa shape index (κ1) is 16.4. The molecule has 2 aromatic heterocycles. The van der Waals surface area contributed by atoms with Gasteiger partial charge in [-0.05, 0) is 39.2 Å². The van der Waals surface area contributed by atoms with Crippen LogP contribution >= 0.6 is 0 Å². The monoisotopic (exact) mass is 330 g/mol. The second kappa shape index (κ2) is 6.22. The number of carboxylic acid groups (broad SMARTS) is 1.